The van der Waals surface area contributed by atoms with Crippen molar-refractivity contribution < 1.29 is 18.3 Å². The van der Waals surface area contributed by atoms with Crippen LogP contribution in [0.5, 0.6) is 5.88 Å². The van der Waals surface area contributed by atoms with E-state index in [1.807, 2.05) is 0 Å². The Morgan fingerprint density at radius 2 is 1.61 bits per heavy atom. The van der Waals surface area contributed by atoms with Crippen molar-refractivity contribution in [2.75, 3.05) is 0 Å². The Morgan fingerprint density at radius 1 is 0.839 bits per heavy atom. The SMILES string of the molecule is Oc1c(Cc2ccco2)nc2c(Cc3ccccc3F)nc(-c3ccccc3F)cn12. The number of aromatic hydroxyl groups is 1. The quantitative estimate of drug-likeness (QED) is 0.429. The Labute approximate surface area is 176 Å². The van der Waals surface area contributed by atoms with Crippen LogP contribution < -0.4 is 0 Å². The number of hydrogen-bond acceptors (Lipinski definition) is 4. The van der Waals surface area contributed by atoms with E-state index in [9.17, 15) is 13.9 Å². The van der Waals surface area contributed by atoms with Crippen LogP contribution in [0.25, 0.3) is 16.9 Å². The molecule has 3 aromatic heterocycles. The van der Waals surface area contributed by atoms with Crippen molar-refractivity contribution in [1.29, 1.82) is 0 Å². The number of aromatic nitrogens is 3. The van der Waals surface area contributed by atoms with Crippen LogP contribution in [0.1, 0.15) is 22.7 Å². The van der Waals surface area contributed by atoms with Gasteiger partial charge in [-0.15, -0.1) is 0 Å². The van der Waals surface area contributed by atoms with Crippen molar-refractivity contribution in [2.45, 2.75) is 12.8 Å². The fourth-order valence-electron chi connectivity index (χ4n) is 3.58. The van der Waals surface area contributed by atoms with Crippen molar-refractivity contribution in [3.63, 3.8) is 0 Å². The smallest absolute Gasteiger partial charge is 0.219 e. The summed E-state index contributed by atoms with van der Waals surface area (Å²) in [7, 11) is 0. The molecule has 0 bridgehead atoms. The molecule has 7 heteroatoms. The van der Waals surface area contributed by atoms with Gasteiger partial charge in [-0.25, -0.2) is 18.7 Å². The number of furan rings is 1. The van der Waals surface area contributed by atoms with Gasteiger partial charge < -0.3 is 9.52 Å². The molecule has 5 nitrogen and oxygen atoms in total. The molecule has 0 radical (unpaired) electrons. The molecule has 0 spiro atoms. The Hall–Kier alpha value is -4.00. The summed E-state index contributed by atoms with van der Waals surface area (Å²) in [4.78, 5) is 9.14. The molecule has 1 N–H and O–H groups in total. The molecule has 0 aliphatic rings. The summed E-state index contributed by atoms with van der Waals surface area (Å²) in [5, 5.41) is 10.8. The number of hydrogen-bond donors (Lipinski definition) is 1. The van der Waals surface area contributed by atoms with Crippen LogP contribution in [-0.2, 0) is 12.8 Å². The van der Waals surface area contributed by atoms with Crippen molar-refractivity contribution in [1.82, 2.24) is 14.4 Å². The van der Waals surface area contributed by atoms with Gasteiger partial charge in [0.1, 0.15) is 23.1 Å². The van der Waals surface area contributed by atoms with Gasteiger partial charge in [0.2, 0.25) is 5.88 Å². The molecule has 0 atom stereocenters. The zero-order valence-corrected chi connectivity index (χ0v) is 16.3. The van der Waals surface area contributed by atoms with Crippen molar-refractivity contribution in [3.8, 4) is 17.1 Å². The van der Waals surface area contributed by atoms with Gasteiger partial charge in [0, 0.05) is 18.2 Å². The number of imidazole rings is 1. The molecule has 0 saturated carbocycles. The van der Waals surface area contributed by atoms with E-state index in [1.165, 1.54) is 22.7 Å². The largest absolute Gasteiger partial charge is 0.493 e. The topological polar surface area (TPSA) is 63.6 Å². The third kappa shape index (κ3) is 3.54. The van der Waals surface area contributed by atoms with Crippen LogP contribution in [0.2, 0.25) is 0 Å². The monoisotopic (exact) mass is 417 g/mol. The molecular formula is C24H17F2N3O2. The second-order valence-corrected chi connectivity index (χ2v) is 7.15. The normalized spacial score (nSPS) is 11.3. The van der Waals surface area contributed by atoms with Gasteiger partial charge in [-0.3, -0.25) is 4.40 Å². The van der Waals surface area contributed by atoms with Gasteiger partial charge in [0.25, 0.3) is 0 Å². The second-order valence-electron chi connectivity index (χ2n) is 7.15. The van der Waals surface area contributed by atoms with Crippen LogP contribution in [0, 0.1) is 11.6 Å². The number of rotatable bonds is 5. The van der Waals surface area contributed by atoms with E-state index in [0.29, 0.717) is 34.1 Å². The summed E-state index contributed by atoms with van der Waals surface area (Å²) in [6.45, 7) is 0. The lowest BCUT2D eigenvalue weighted by Gasteiger charge is -2.09. The van der Waals surface area contributed by atoms with Crippen molar-refractivity contribution in [3.05, 3.63) is 107 Å². The van der Waals surface area contributed by atoms with E-state index < -0.39 is 5.82 Å². The van der Waals surface area contributed by atoms with Crippen LogP contribution in [-0.4, -0.2) is 19.5 Å². The molecule has 0 unspecified atom stereocenters. The zero-order valence-electron chi connectivity index (χ0n) is 16.3. The molecule has 31 heavy (non-hydrogen) atoms. The lowest BCUT2D eigenvalue weighted by molar-refractivity contribution is 0.438. The van der Waals surface area contributed by atoms with Crippen LogP contribution in [0.15, 0.2) is 77.5 Å². The highest BCUT2D eigenvalue weighted by Gasteiger charge is 2.20. The maximum Gasteiger partial charge on any atom is 0.219 e. The lowest BCUT2D eigenvalue weighted by atomic mass is 10.1. The summed E-state index contributed by atoms with van der Waals surface area (Å²) in [6.07, 6.45) is 3.49. The Morgan fingerprint density at radius 3 is 2.35 bits per heavy atom. The van der Waals surface area contributed by atoms with Crippen LogP contribution in [0.3, 0.4) is 0 Å². The molecule has 0 fully saturated rings. The average molecular weight is 417 g/mol. The van der Waals surface area contributed by atoms with Crippen molar-refractivity contribution in [2.24, 2.45) is 0 Å². The highest BCUT2D eigenvalue weighted by atomic mass is 19.1. The van der Waals surface area contributed by atoms with Gasteiger partial charge in [-0.05, 0) is 35.9 Å². The Kier molecular flexibility index (Phi) is 4.71. The molecule has 0 saturated heterocycles. The first kappa shape index (κ1) is 19.0. The van der Waals surface area contributed by atoms with E-state index in [2.05, 4.69) is 9.97 Å². The average Bonchev–Trinajstić information content (AvgIpc) is 3.39. The predicted molar refractivity (Wildman–Crippen MR) is 111 cm³/mol. The van der Waals surface area contributed by atoms with Gasteiger partial charge >= 0.3 is 0 Å². The maximum atomic E-state index is 14.5. The fourth-order valence-corrected chi connectivity index (χ4v) is 3.58. The van der Waals surface area contributed by atoms with Gasteiger partial charge in [-0.1, -0.05) is 30.3 Å². The lowest BCUT2D eigenvalue weighted by Crippen LogP contribution is -2.02. The van der Waals surface area contributed by atoms with Crippen LogP contribution >= 0.6 is 0 Å². The first-order chi connectivity index (χ1) is 15.1. The highest BCUT2D eigenvalue weighted by Crippen LogP contribution is 2.29. The Bertz CT molecular complexity index is 1380. The first-order valence-electron chi connectivity index (χ1n) is 9.70. The first-order valence-corrected chi connectivity index (χ1v) is 9.70. The maximum absolute atomic E-state index is 14.5. The van der Waals surface area contributed by atoms with E-state index in [-0.39, 0.29) is 30.1 Å². The minimum atomic E-state index is -0.443. The zero-order chi connectivity index (χ0) is 21.4. The highest BCUT2D eigenvalue weighted by molar-refractivity contribution is 5.63. The van der Waals surface area contributed by atoms with E-state index in [1.54, 1.807) is 54.8 Å². The summed E-state index contributed by atoms with van der Waals surface area (Å²) in [5.41, 5.74) is 2.21. The van der Waals surface area contributed by atoms with Crippen molar-refractivity contribution >= 4 is 5.65 Å². The van der Waals surface area contributed by atoms with E-state index in [4.69, 9.17) is 4.42 Å². The summed E-state index contributed by atoms with van der Waals surface area (Å²) < 4.78 is 35.6. The minimum absolute atomic E-state index is 0.0961. The molecule has 5 rings (SSSR count). The molecule has 0 amide bonds. The van der Waals surface area contributed by atoms with Crippen LogP contribution in [0.4, 0.5) is 8.78 Å². The molecular weight excluding hydrogens is 400 g/mol. The fraction of sp³-hybridized carbons (Fsp3) is 0.0833. The standard InChI is InChI=1S/C24H17F2N3O2/c25-18-9-3-1-6-15(18)12-20-23-28-21(13-16-7-5-11-31-16)24(30)29(23)14-22(27-20)17-8-2-4-10-19(17)26/h1-11,14,30H,12-13H2. The molecule has 2 aromatic carbocycles. The number of nitrogens with zero attached hydrogens (tertiary/aromatic N) is 3. The number of fused-ring (bicyclic) bond motifs is 1. The predicted octanol–water partition coefficient (Wildman–Crippen LogP) is 5.15. The second kappa shape index (κ2) is 7.68. The number of halogens is 2. The summed E-state index contributed by atoms with van der Waals surface area (Å²) in [6, 6.07) is 16.2. The molecule has 0 aliphatic carbocycles. The van der Waals surface area contributed by atoms with E-state index in [0.717, 1.165) is 0 Å². The summed E-state index contributed by atoms with van der Waals surface area (Å²) >= 11 is 0. The van der Waals surface area contributed by atoms with Gasteiger partial charge in [-0.2, -0.15) is 0 Å². The molecule has 154 valence electrons. The van der Waals surface area contributed by atoms with Gasteiger partial charge in [0.05, 0.1) is 24.1 Å². The third-order valence-corrected chi connectivity index (χ3v) is 5.11. The minimum Gasteiger partial charge on any atom is -0.493 e. The molecule has 0 aliphatic heterocycles. The van der Waals surface area contributed by atoms with Gasteiger partial charge in [0.15, 0.2) is 5.65 Å². The third-order valence-electron chi connectivity index (χ3n) is 5.11. The number of benzene rings is 2. The molecule has 3 heterocycles. The van der Waals surface area contributed by atoms with E-state index >= 15 is 0 Å². The molecule has 5 aromatic rings. The Balaban J connectivity index is 1.70. The summed E-state index contributed by atoms with van der Waals surface area (Å²) in [5.74, 6) is -0.273.